The van der Waals surface area contributed by atoms with Gasteiger partial charge in [-0.1, -0.05) is 28.1 Å². The van der Waals surface area contributed by atoms with Gasteiger partial charge in [-0.05, 0) is 54.8 Å². The first kappa shape index (κ1) is 14.1. The van der Waals surface area contributed by atoms with Crippen LogP contribution in [0.4, 0.5) is 5.69 Å². The summed E-state index contributed by atoms with van der Waals surface area (Å²) in [7, 11) is 0. The van der Waals surface area contributed by atoms with E-state index in [2.05, 4.69) is 26.6 Å². The van der Waals surface area contributed by atoms with Crippen molar-refractivity contribution in [1.29, 1.82) is 0 Å². The highest BCUT2D eigenvalue weighted by Gasteiger charge is 2.15. The molecule has 108 valence electrons. The lowest BCUT2D eigenvalue weighted by molar-refractivity contribution is 0.0940. The zero-order chi connectivity index (χ0) is 14.8. The smallest absolute Gasteiger partial charge is 0.251 e. The Labute approximate surface area is 132 Å². The number of nitrogens with one attached hydrogen (secondary N) is 2. The van der Waals surface area contributed by atoms with Crippen molar-refractivity contribution in [2.75, 3.05) is 11.9 Å². The standard InChI is InChI=1S/C17H17BrN2O/c1-11(12-2-5-15(18)6-3-12)20-17(21)14-4-7-16-13(10-14)8-9-19-16/h2-7,10-11,19H,8-9H2,1H3,(H,20,21)/t11-/m1/s1. The number of amides is 1. The third-order valence-corrected chi connectivity index (χ3v) is 4.32. The summed E-state index contributed by atoms with van der Waals surface area (Å²) in [4.78, 5) is 12.4. The summed E-state index contributed by atoms with van der Waals surface area (Å²) in [6.07, 6.45) is 0.985. The Morgan fingerprint density at radius 2 is 2.00 bits per heavy atom. The Balaban J connectivity index is 1.72. The minimum atomic E-state index is -0.0277. The maximum atomic E-state index is 12.4. The van der Waals surface area contributed by atoms with E-state index in [1.807, 2.05) is 49.4 Å². The van der Waals surface area contributed by atoms with Crippen LogP contribution < -0.4 is 10.6 Å². The van der Waals surface area contributed by atoms with Crippen molar-refractivity contribution in [2.45, 2.75) is 19.4 Å². The Morgan fingerprint density at radius 1 is 1.24 bits per heavy atom. The van der Waals surface area contributed by atoms with Gasteiger partial charge in [0.1, 0.15) is 0 Å². The van der Waals surface area contributed by atoms with Crippen molar-refractivity contribution in [3.63, 3.8) is 0 Å². The van der Waals surface area contributed by atoms with Crippen molar-refractivity contribution >= 4 is 27.5 Å². The van der Waals surface area contributed by atoms with Gasteiger partial charge in [-0.25, -0.2) is 0 Å². The molecule has 0 saturated carbocycles. The second-order valence-corrected chi connectivity index (χ2v) is 6.21. The Kier molecular flexibility index (Phi) is 3.97. The highest BCUT2D eigenvalue weighted by molar-refractivity contribution is 9.10. The summed E-state index contributed by atoms with van der Waals surface area (Å²) >= 11 is 3.42. The number of hydrogen-bond donors (Lipinski definition) is 2. The zero-order valence-electron chi connectivity index (χ0n) is 11.8. The molecule has 1 aliphatic rings. The lowest BCUT2D eigenvalue weighted by Gasteiger charge is -2.15. The molecule has 0 unspecified atom stereocenters. The summed E-state index contributed by atoms with van der Waals surface area (Å²) in [6, 6.07) is 13.8. The minimum absolute atomic E-state index is 0.0167. The van der Waals surface area contributed by atoms with E-state index < -0.39 is 0 Å². The van der Waals surface area contributed by atoms with E-state index in [-0.39, 0.29) is 11.9 Å². The predicted octanol–water partition coefficient (Wildman–Crippen LogP) is 3.91. The van der Waals surface area contributed by atoms with Crippen LogP contribution in [0, 0.1) is 0 Å². The molecule has 0 bridgehead atoms. The lowest BCUT2D eigenvalue weighted by atomic mass is 10.1. The minimum Gasteiger partial charge on any atom is -0.384 e. The first-order valence-electron chi connectivity index (χ1n) is 7.06. The first-order chi connectivity index (χ1) is 10.1. The number of carbonyl (C=O) groups is 1. The molecule has 0 saturated heterocycles. The number of carbonyl (C=O) groups excluding carboxylic acids is 1. The molecule has 0 spiro atoms. The van der Waals surface area contributed by atoms with Crippen LogP contribution in [0.15, 0.2) is 46.9 Å². The molecule has 1 aliphatic heterocycles. The van der Waals surface area contributed by atoms with E-state index in [4.69, 9.17) is 0 Å². The third-order valence-electron chi connectivity index (χ3n) is 3.79. The number of fused-ring (bicyclic) bond motifs is 1. The monoisotopic (exact) mass is 344 g/mol. The van der Waals surface area contributed by atoms with Gasteiger partial charge >= 0.3 is 0 Å². The molecule has 2 aromatic carbocycles. The Hall–Kier alpha value is -1.81. The third kappa shape index (κ3) is 3.10. The van der Waals surface area contributed by atoms with E-state index in [0.717, 1.165) is 34.3 Å². The fourth-order valence-electron chi connectivity index (χ4n) is 2.56. The van der Waals surface area contributed by atoms with Crippen LogP contribution in [0.5, 0.6) is 0 Å². The van der Waals surface area contributed by atoms with Crippen LogP contribution in [0.25, 0.3) is 0 Å². The van der Waals surface area contributed by atoms with Crippen LogP contribution in [-0.4, -0.2) is 12.5 Å². The number of benzene rings is 2. The molecule has 1 amide bonds. The molecule has 4 heteroatoms. The summed E-state index contributed by atoms with van der Waals surface area (Å²) in [6.45, 7) is 2.95. The molecule has 0 aromatic heterocycles. The molecule has 1 atom stereocenters. The normalized spacial score (nSPS) is 14.2. The highest BCUT2D eigenvalue weighted by Crippen LogP contribution is 2.23. The second kappa shape index (κ2) is 5.90. The molecule has 2 aromatic rings. The highest BCUT2D eigenvalue weighted by atomic mass is 79.9. The van der Waals surface area contributed by atoms with Crippen molar-refractivity contribution in [3.05, 3.63) is 63.6 Å². The molecular formula is C17H17BrN2O. The molecule has 2 N–H and O–H groups in total. The summed E-state index contributed by atoms with van der Waals surface area (Å²) < 4.78 is 1.04. The summed E-state index contributed by atoms with van der Waals surface area (Å²) in [5.41, 5.74) is 4.18. The van der Waals surface area contributed by atoms with Crippen molar-refractivity contribution in [1.82, 2.24) is 5.32 Å². The quantitative estimate of drug-likeness (QED) is 0.886. The Bertz CT molecular complexity index is 667. The number of hydrogen-bond acceptors (Lipinski definition) is 2. The van der Waals surface area contributed by atoms with Gasteiger partial charge in [-0.2, -0.15) is 0 Å². The van der Waals surface area contributed by atoms with Gasteiger partial charge in [-0.15, -0.1) is 0 Å². The molecule has 0 radical (unpaired) electrons. The lowest BCUT2D eigenvalue weighted by Crippen LogP contribution is -2.26. The predicted molar refractivity (Wildman–Crippen MR) is 88.7 cm³/mol. The van der Waals surface area contributed by atoms with Gasteiger partial charge in [0.15, 0.2) is 0 Å². The first-order valence-corrected chi connectivity index (χ1v) is 7.86. The number of halogens is 1. The maximum Gasteiger partial charge on any atom is 0.251 e. The molecular weight excluding hydrogens is 328 g/mol. The van der Waals surface area contributed by atoms with E-state index in [9.17, 15) is 4.79 Å². The van der Waals surface area contributed by atoms with Crippen molar-refractivity contribution < 1.29 is 4.79 Å². The SMILES string of the molecule is C[C@@H](NC(=O)c1ccc2c(c1)CCN2)c1ccc(Br)cc1. The second-order valence-electron chi connectivity index (χ2n) is 5.30. The van der Waals surface area contributed by atoms with Crippen LogP contribution >= 0.6 is 15.9 Å². The van der Waals surface area contributed by atoms with E-state index >= 15 is 0 Å². The van der Waals surface area contributed by atoms with E-state index in [0.29, 0.717) is 0 Å². The van der Waals surface area contributed by atoms with E-state index in [1.54, 1.807) is 0 Å². The molecule has 0 aliphatic carbocycles. The van der Waals surface area contributed by atoms with Crippen molar-refractivity contribution in [2.24, 2.45) is 0 Å². The Morgan fingerprint density at radius 3 is 2.76 bits per heavy atom. The van der Waals surface area contributed by atoms with Crippen LogP contribution in [0.2, 0.25) is 0 Å². The van der Waals surface area contributed by atoms with Crippen LogP contribution in [-0.2, 0) is 6.42 Å². The maximum absolute atomic E-state index is 12.4. The fourth-order valence-corrected chi connectivity index (χ4v) is 2.83. The molecule has 1 heterocycles. The molecule has 3 rings (SSSR count). The summed E-state index contributed by atoms with van der Waals surface area (Å²) in [5, 5.41) is 6.35. The van der Waals surface area contributed by atoms with Crippen molar-refractivity contribution in [3.8, 4) is 0 Å². The average molecular weight is 345 g/mol. The molecule has 3 nitrogen and oxygen atoms in total. The topological polar surface area (TPSA) is 41.1 Å². The van der Waals surface area contributed by atoms with Crippen LogP contribution in [0.3, 0.4) is 0 Å². The van der Waals surface area contributed by atoms with Gasteiger partial charge < -0.3 is 10.6 Å². The molecule has 21 heavy (non-hydrogen) atoms. The molecule has 0 fully saturated rings. The number of anilines is 1. The zero-order valence-corrected chi connectivity index (χ0v) is 13.4. The number of rotatable bonds is 3. The van der Waals surface area contributed by atoms with Gasteiger partial charge in [0.2, 0.25) is 0 Å². The average Bonchev–Trinajstić information content (AvgIpc) is 2.95. The van der Waals surface area contributed by atoms with Gasteiger partial charge in [0, 0.05) is 22.3 Å². The van der Waals surface area contributed by atoms with Gasteiger partial charge in [-0.3, -0.25) is 4.79 Å². The summed E-state index contributed by atoms with van der Waals surface area (Å²) in [5.74, 6) is -0.0277. The largest absolute Gasteiger partial charge is 0.384 e. The van der Waals surface area contributed by atoms with Gasteiger partial charge in [0.25, 0.3) is 5.91 Å². The van der Waals surface area contributed by atoms with E-state index in [1.165, 1.54) is 5.56 Å². The van der Waals surface area contributed by atoms with Crippen LogP contribution in [0.1, 0.15) is 34.5 Å². The fraction of sp³-hybridized carbons (Fsp3) is 0.235. The van der Waals surface area contributed by atoms with Gasteiger partial charge in [0.05, 0.1) is 6.04 Å².